The molecule has 11 heteroatoms. The molecule has 1 heterocycles. The second-order valence-corrected chi connectivity index (χ2v) is 11.5. The Kier molecular flexibility index (Phi) is 8.17. The van der Waals surface area contributed by atoms with E-state index in [-0.39, 0.29) is 36.9 Å². The summed E-state index contributed by atoms with van der Waals surface area (Å²) in [5.41, 5.74) is -0.412. The third kappa shape index (κ3) is 6.39. The number of halogens is 2. The van der Waals surface area contributed by atoms with E-state index in [9.17, 15) is 22.4 Å². The number of rotatable bonds is 8. The number of hydrogen-bond donors (Lipinski definition) is 0. The van der Waals surface area contributed by atoms with Gasteiger partial charge in [0.25, 0.3) is 0 Å². The number of hydrogen-bond acceptors (Lipinski definition) is 7. The van der Waals surface area contributed by atoms with Crippen molar-refractivity contribution in [3.63, 3.8) is 0 Å². The van der Waals surface area contributed by atoms with E-state index in [4.69, 9.17) is 21.2 Å². The molecule has 1 fully saturated rings. The van der Waals surface area contributed by atoms with Crippen molar-refractivity contribution >= 4 is 33.4 Å². The van der Waals surface area contributed by atoms with Gasteiger partial charge in [0, 0.05) is 42.3 Å². The van der Waals surface area contributed by atoms with E-state index in [1.54, 1.807) is 62.4 Å². The number of sulfonamides is 1. The average Bonchev–Trinajstić information content (AvgIpc) is 2.89. The van der Waals surface area contributed by atoms with Crippen LogP contribution in [0.25, 0.3) is 0 Å². The number of nitrogens with zero attached hydrogens (tertiary/aromatic N) is 2. The van der Waals surface area contributed by atoms with Crippen LogP contribution in [-0.4, -0.2) is 61.3 Å². The van der Waals surface area contributed by atoms with E-state index in [1.807, 2.05) is 0 Å². The Hall–Kier alpha value is -3.31. The average molecular weight is 561 g/mol. The van der Waals surface area contributed by atoms with Gasteiger partial charge in [-0.1, -0.05) is 11.6 Å². The molecular weight excluding hydrogens is 535 g/mol. The lowest BCUT2D eigenvalue weighted by molar-refractivity contribution is -0.209. The largest absolute Gasteiger partial charge is 0.476 e. The molecule has 0 aromatic heterocycles. The number of ether oxygens (including phenoxy) is 1. The molecule has 8 nitrogen and oxygen atoms in total. The SMILES string of the molecule is CC(C)(Oc1ccc(C(=O)c2ccc(Cl)cc2)cc1)C(=O)ON1CCN(S(=O)(=O)c2ccc(F)cc2)CC1. The maximum atomic E-state index is 13.2. The predicted octanol–water partition coefficient (Wildman–Crippen LogP) is 4.33. The molecule has 200 valence electrons. The van der Waals surface area contributed by atoms with Crippen molar-refractivity contribution in [1.82, 2.24) is 9.37 Å². The van der Waals surface area contributed by atoms with Crippen molar-refractivity contribution in [2.45, 2.75) is 24.3 Å². The highest BCUT2D eigenvalue weighted by Gasteiger charge is 2.36. The number of ketones is 1. The fourth-order valence-electron chi connectivity index (χ4n) is 3.76. The first-order valence-electron chi connectivity index (χ1n) is 11.8. The lowest BCUT2D eigenvalue weighted by Gasteiger charge is -2.34. The molecule has 3 aromatic rings. The number of carbonyl (C=O) groups is 2. The topological polar surface area (TPSA) is 93.2 Å². The van der Waals surface area contributed by atoms with Crippen molar-refractivity contribution in [2.24, 2.45) is 0 Å². The summed E-state index contributed by atoms with van der Waals surface area (Å²) in [6.45, 7) is 3.61. The number of piperazine rings is 1. The molecule has 0 spiro atoms. The van der Waals surface area contributed by atoms with E-state index in [0.717, 1.165) is 12.1 Å². The summed E-state index contributed by atoms with van der Waals surface area (Å²) >= 11 is 5.88. The lowest BCUT2D eigenvalue weighted by Crippen LogP contribution is -2.51. The summed E-state index contributed by atoms with van der Waals surface area (Å²) in [5, 5.41) is 1.93. The Labute approximate surface area is 225 Å². The van der Waals surface area contributed by atoms with Crippen LogP contribution in [0.4, 0.5) is 4.39 Å². The van der Waals surface area contributed by atoms with Crippen LogP contribution in [0.2, 0.25) is 5.02 Å². The van der Waals surface area contributed by atoms with Crippen LogP contribution in [-0.2, 0) is 19.7 Å². The minimum Gasteiger partial charge on any atom is -0.476 e. The standard InChI is InChI=1S/C27H26ClFN2O6S/c1-27(2,36-23-11-5-20(6-12-23)25(32)19-3-7-21(28)8-4-19)26(33)37-30-15-17-31(18-16-30)38(34,35)24-13-9-22(29)10-14-24/h3-14H,15-18H2,1-2H3. The van der Waals surface area contributed by atoms with Crippen LogP contribution in [0.1, 0.15) is 29.8 Å². The maximum absolute atomic E-state index is 13.2. The Morgan fingerprint density at radius 3 is 1.92 bits per heavy atom. The Morgan fingerprint density at radius 2 is 1.37 bits per heavy atom. The van der Waals surface area contributed by atoms with Crippen LogP contribution in [0.5, 0.6) is 5.75 Å². The van der Waals surface area contributed by atoms with Gasteiger partial charge in [0.1, 0.15) is 11.6 Å². The minimum atomic E-state index is -3.78. The lowest BCUT2D eigenvalue weighted by atomic mass is 10.0. The van der Waals surface area contributed by atoms with Gasteiger partial charge in [-0.25, -0.2) is 17.6 Å². The van der Waals surface area contributed by atoms with Crippen molar-refractivity contribution in [2.75, 3.05) is 26.2 Å². The van der Waals surface area contributed by atoms with Gasteiger partial charge in [-0.15, -0.1) is 5.06 Å². The molecule has 4 rings (SSSR count). The zero-order valence-corrected chi connectivity index (χ0v) is 22.3. The molecule has 0 atom stereocenters. The molecule has 0 aliphatic carbocycles. The molecule has 0 radical (unpaired) electrons. The second-order valence-electron chi connectivity index (χ2n) is 9.14. The van der Waals surface area contributed by atoms with Gasteiger partial charge in [-0.3, -0.25) is 4.79 Å². The van der Waals surface area contributed by atoms with Gasteiger partial charge in [-0.2, -0.15) is 4.31 Å². The molecule has 0 amide bonds. The summed E-state index contributed by atoms with van der Waals surface area (Å²) in [6.07, 6.45) is 0. The van der Waals surface area contributed by atoms with Crippen molar-refractivity contribution in [3.8, 4) is 5.75 Å². The zero-order chi connectivity index (χ0) is 27.5. The number of benzene rings is 3. The van der Waals surface area contributed by atoms with Crippen molar-refractivity contribution in [3.05, 3.63) is 94.8 Å². The van der Waals surface area contributed by atoms with Gasteiger partial charge in [0.05, 0.1) is 4.90 Å². The third-order valence-corrected chi connectivity index (χ3v) is 8.11. The first-order valence-corrected chi connectivity index (χ1v) is 13.6. The predicted molar refractivity (Wildman–Crippen MR) is 139 cm³/mol. The first kappa shape index (κ1) is 27.7. The smallest absolute Gasteiger partial charge is 0.368 e. The molecule has 0 saturated carbocycles. The van der Waals surface area contributed by atoms with E-state index in [2.05, 4.69) is 0 Å². The summed E-state index contributed by atoms with van der Waals surface area (Å²) in [5.74, 6) is -0.983. The van der Waals surface area contributed by atoms with Crippen LogP contribution in [0.15, 0.2) is 77.7 Å². The van der Waals surface area contributed by atoms with E-state index in [1.165, 1.54) is 21.5 Å². The summed E-state index contributed by atoms with van der Waals surface area (Å²) < 4.78 is 45.8. The summed E-state index contributed by atoms with van der Waals surface area (Å²) in [6, 6.07) is 17.6. The molecule has 1 aliphatic heterocycles. The van der Waals surface area contributed by atoms with E-state index < -0.39 is 27.4 Å². The molecule has 0 bridgehead atoms. The molecule has 0 N–H and O–H groups in total. The van der Waals surface area contributed by atoms with Crippen molar-refractivity contribution < 1.29 is 32.0 Å². The maximum Gasteiger partial charge on any atom is 0.368 e. The number of carbonyl (C=O) groups excluding carboxylic acids is 2. The molecule has 3 aromatic carbocycles. The molecule has 1 saturated heterocycles. The van der Waals surface area contributed by atoms with Gasteiger partial charge < -0.3 is 9.57 Å². The fraction of sp³-hybridized carbons (Fsp3) is 0.259. The molecular formula is C27H26ClFN2O6S. The molecule has 1 aliphatic rings. The summed E-state index contributed by atoms with van der Waals surface area (Å²) in [4.78, 5) is 31.0. The third-order valence-electron chi connectivity index (χ3n) is 5.95. The van der Waals surface area contributed by atoms with Crippen LogP contribution in [0.3, 0.4) is 0 Å². The quantitative estimate of drug-likeness (QED) is 0.379. The zero-order valence-electron chi connectivity index (χ0n) is 20.8. The Bertz CT molecular complexity index is 1400. The monoisotopic (exact) mass is 560 g/mol. The van der Waals surface area contributed by atoms with E-state index in [0.29, 0.717) is 21.9 Å². The van der Waals surface area contributed by atoms with Crippen LogP contribution < -0.4 is 4.74 Å². The van der Waals surface area contributed by atoms with Gasteiger partial charge in [0.2, 0.25) is 15.6 Å². The molecule has 0 unspecified atom stereocenters. The number of hydroxylamine groups is 2. The van der Waals surface area contributed by atoms with Gasteiger partial charge >= 0.3 is 5.97 Å². The van der Waals surface area contributed by atoms with Crippen molar-refractivity contribution in [1.29, 1.82) is 0 Å². The van der Waals surface area contributed by atoms with Crippen LogP contribution >= 0.6 is 11.6 Å². The highest BCUT2D eigenvalue weighted by atomic mass is 35.5. The summed E-state index contributed by atoms with van der Waals surface area (Å²) in [7, 11) is -3.78. The van der Waals surface area contributed by atoms with Gasteiger partial charge in [-0.05, 0) is 86.6 Å². The molecule has 38 heavy (non-hydrogen) atoms. The highest BCUT2D eigenvalue weighted by Crippen LogP contribution is 2.23. The van der Waals surface area contributed by atoms with Crippen LogP contribution in [0, 0.1) is 5.82 Å². The second kappa shape index (κ2) is 11.2. The fourth-order valence-corrected chi connectivity index (χ4v) is 5.31. The normalized spacial score (nSPS) is 15.2. The Balaban J connectivity index is 1.31. The first-order chi connectivity index (χ1) is 18.0. The highest BCUT2D eigenvalue weighted by molar-refractivity contribution is 7.89. The van der Waals surface area contributed by atoms with Gasteiger partial charge in [0.15, 0.2) is 5.78 Å². The minimum absolute atomic E-state index is 0.000220. The Morgan fingerprint density at radius 1 is 0.842 bits per heavy atom. The van der Waals surface area contributed by atoms with E-state index >= 15 is 0 Å².